The van der Waals surface area contributed by atoms with Crippen LogP contribution in [-0.2, 0) is 9.84 Å². The molecule has 8 heteroatoms. The summed E-state index contributed by atoms with van der Waals surface area (Å²) < 4.78 is 30.1. The Morgan fingerprint density at radius 2 is 2.14 bits per heavy atom. The highest BCUT2D eigenvalue weighted by molar-refractivity contribution is 7.90. The van der Waals surface area contributed by atoms with Gasteiger partial charge in [0.2, 0.25) is 5.95 Å². The number of benzene rings is 1. The summed E-state index contributed by atoms with van der Waals surface area (Å²) in [6.45, 7) is 1.79. The third-order valence-corrected chi connectivity index (χ3v) is 3.93. The van der Waals surface area contributed by atoms with E-state index in [9.17, 15) is 8.42 Å². The highest BCUT2D eigenvalue weighted by atomic mass is 32.2. The molecule has 112 valence electrons. The Hall–Kier alpha value is -2.35. The van der Waals surface area contributed by atoms with Crippen LogP contribution >= 0.6 is 0 Å². The highest BCUT2D eigenvalue weighted by Gasteiger charge is 2.13. The van der Waals surface area contributed by atoms with Gasteiger partial charge in [-0.1, -0.05) is 0 Å². The zero-order chi connectivity index (χ0) is 15.6. The zero-order valence-corrected chi connectivity index (χ0v) is 12.8. The molecule has 0 saturated heterocycles. The molecular weight excluding hydrogens is 292 g/mol. The molecule has 0 unspecified atom stereocenters. The maximum atomic E-state index is 11.8. The first-order valence-corrected chi connectivity index (χ1v) is 7.94. The summed E-state index contributed by atoms with van der Waals surface area (Å²) in [5, 5.41) is 4.13. The second-order valence-corrected chi connectivity index (χ2v) is 6.49. The summed E-state index contributed by atoms with van der Waals surface area (Å²) in [6, 6.07) is 4.75. The number of methoxy groups -OCH3 is 1. The van der Waals surface area contributed by atoms with Crippen molar-refractivity contribution < 1.29 is 13.2 Å². The molecule has 0 aliphatic rings. The molecule has 2 rings (SSSR count). The van der Waals surface area contributed by atoms with Gasteiger partial charge in [-0.15, -0.1) is 0 Å². The van der Waals surface area contributed by atoms with Crippen molar-refractivity contribution in [2.24, 2.45) is 5.10 Å². The SMILES string of the molecule is COc1ccc(C=Nn2cc(C)nc2N)c(S(C)(=O)=O)c1. The van der Waals surface area contributed by atoms with E-state index >= 15 is 0 Å². The van der Waals surface area contributed by atoms with Crippen LogP contribution in [-0.4, -0.2) is 37.7 Å². The Kier molecular flexibility index (Phi) is 3.99. The van der Waals surface area contributed by atoms with E-state index in [1.165, 1.54) is 24.1 Å². The van der Waals surface area contributed by atoms with E-state index in [-0.39, 0.29) is 10.8 Å². The van der Waals surface area contributed by atoms with Crippen LogP contribution in [0.2, 0.25) is 0 Å². The number of nitrogen functional groups attached to an aromatic ring is 1. The summed E-state index contributed by atoms with van der Waals surface area (Å²) >= 11 is 0. The molecule has 0 saturated carbocycles. The van der Waals surface area contributed by atoms with Gasteiger partial charge in [-0.2, -0.15) is 5.10 Å². The van der Waals surface area contributed by atoms with Crippen molar-refractivity contribution in [1.82, 2.24) is 9.66 Å². The van der Waals surface area contributed by atoms with Gasteiger partial charge in [0.1, 0.15) is 5.75 Å². The van der Waals surface area contributed by atoms with E-state index in [1.807, 2.05) is 0 Å². The average Bonchev–Trinajstić information content (AvgIpc) is 2.73. The fourth-order valence-corrected chi connectivity index (χ4v) is 2.67. The molecule has 21 heavy (non-hydrogen) atoms. The minimum atomic E-state index is -3.40. The molecule has 1 heterocycles. The van der Waals surface area contributed by atoms with Crippen LogP contribution in [0.5, 0.6) is 5.75 Å². The number of hydrogen-bond acceptors (Lipinski definition) is 6. The van der Waals surface area contributed by atoms with E-state index in [0.29, 0.717) is 11.3 Å². The summed E-state index contributed by atoms with van der Waals surface area (Å²) in [6.07, 6.45) is 4.21. The predicted octanol–water partition coefficient (Wildman–Crippen LogP) is 1.07. The minimum Gasteiger partial charge on any atom is -0.497 e. The van der Waals surface area contributed by atoms with Gasteiger partial charge in [-0.05, 0) is 25.1 Å². The molecular formula is C13H16N4O3S. The quantitative estimate of drug-likeness (QED) is 0.852. The fraction of sp³-hybridized carbons (Fsp3) is 0.231. The number of rotatable bonds is 4. The lowest BCUT2D eigenvalue weighted by Gasteiger charge is -2.06. The molecule has 0 amide bonds. The van der Waals surface area contributed by atoms with Gasteiger partial charge in [0, 0.05) is 11.8 Å². The van der Waals surface area contributed by atoms with Crippen LogP contribution in [0.3, 0.4) is 0 Å². The number of sulfone groups is 1. The third-order valence-electron chi connectivity index (χ3n) is 2.78. The lowest BCUT2D eigenvalue weighted by Crippen LogP contribution is -2.04. The molecule has 2 aromatic rings. The average molecular weight is 308 g/mol. The Morgan fingerprint density at radius 1 is 1.43 bits per heavy atom. The largest absolute Gasteiger partial charge is 0.497 e. The van der Waals surface area contributed by atoms with Gasteiger partial charge < -0.3 is 10.5 Å². The number of nitrogens with zero attached hydrogens (tertiary/aromatic N) is 3. The number of aryl methyl sites for hydroxylation is 1. The Morgan fingerprint density at radius 3 is 2.67 bits per heavy atom. The van der Waals surface area contributed by atoms with Crippen LogP contribution in [0, 0.1) is 6.92 Å². The number of aromatic nitrogens is 2. The van der Waals surface area contributed by atoms with Crippen molar-refractivity contribution >= 4 is 22.0 Å². The summed E-state index contributed by atoms with van der Waals surface area (Å²) in [7, 11) is -1.93. The summed E-state index contributed by atoms with van der Waals surface area (Å²) in [5.74, 6) is 0.698. The molecule has 0 atom stereocenters. The molecule has 1 aromatic heterocycles. The first-order valence-electron chi connectivity index (χ1n) is 6.05. The van der Waals surface area contributed by atoms with Crippen molar-refractivity contribution in [3.63, 3.8) is 0 Å². The molecule has 2 N–H and O–H groups in total. The van der Waals surface area contributed by atoms with E-state index in [1.54, 1.807) is 25.3 Å². The van der Waals surface area contributed by atoms with Gasteiger partial charge in [0.05, 0.1) is 30.1 Å². The van der Waals surface area contributed by atoms with Crippen LogP contribution in [0.4, 0.5) is 5.95 Å². The van der Waals surface area contributed by atoms with Crippen LogP contribution in [0.15, 0.2) is 34.4 Å². The van der Waals surface area contributed by atoms with Crippen molar-refractivity contribution in [3.05, 3.63) is 35.7 Å². The number of imidazole rings is 1. The predicted molar refractivity (Wildman–Crippen MR) is 80.5 cm³/mol. The summed E-state index contributed by atoms with van der Waals surface area (Å²) in [4.78, 5) is 4.15. The third kappa shape index (κ3) is 3.40. The zero-order valence-electron chi connectivity index (χ0n) is 11.9. The molecule has 0 spiro atoms. The van der Waals surface area contributed by atoms with Gasteiger partial charge >= 0.3 is 0 Å². The Labute approximate surface area is 123 Å². The normalized spacial score (nSPS) is 12.0. The maximum Gasteiger partial charge on any atom is 0.221 e. The fourth-order valence-electron chi connectivity index (χ4n) is 1.79. The first-order chi connectivity index (χ1) is 9.81. The van der Waals surface area contributed by atoms with Gasteiger partial charge in [0.25, 0.3) is 0 Å². The van der Waals surface area contributed by atoms with Gasteiger partial charge in [-0.25, -0.2) is 18.1 Å². The van der Waals surface area contributed by atoms with E-state index in [0.717, 1.165) is 11.9 Å². The number of anilines is 1. The Balaban J connectivity index is 2.47. The lowest BCUT2D eigenvalue weighted by atomic mass is 10.2. The monoisotopic (exact) mass is 308 g/mol. The van der Waals surface area contributed by atoms with Crippen LogP contribution in [0.1, 0.15) is 11.3 Å². The molecule has 0 aliphatic carbocycles. The first kappa shape index (κ1) is 15.0. The van der Waals surface area contributed by atoms with Crippen molar-refractivity contribution in [2.45, 2.75) is 11.8 Å². The van der Waals surface area contributed by atoms with Gasteiger partial charge in [0.15, 0.2) is 9.84 Å². The van der Waals surface area contributed by atoms with Crippen molar-refractivity contribution in [2.75, 3.05) is 19.1 Å². The maximum absolute atomic E-state index is 11.8. The highest BCUT2D eigenvalue weighted by Crippen LogP contribution is 2.21. The van der Waals surface area contributed by atoms with Crippen LogP contribution in [0.25, 0.3) is 0 Å². The topological polar surface area (TPSA) is 99.6 Å². The number of ether oxygens (including phenoxy) is 1. The van der Waals surface area contributed by atoms with Crippen molar-refractivity contribution in [3.8, 4) is 5.75 Å². The van der Waals surface area contributed by atoms with E-state index in [4.69, 9.17) is 10.5 Å². The number of nitrogens with two attached hydrogens (primary N) is 1. The molecule has 0 radical (unpaired) electrons. The molecule has 0 fully saturated rings. The second kappa shape index (κ2) is 5.57. The molecule has 1 aromatic carbocycles. The molecule has 7 nitrogen and oxygen atoms in total. The van der Waals surface area contributed by atoms with E-state index < -0.39 is 9.84 Å². The standard InChI is InChI=1S/C13H16N4O3S/c1-9-8-17(13(14)16-9)15-7-10-4-5-11(20-2)6-12(10)21(3,18)19/h4-8H,1-3H3,(H2,14,16). The second-order valence-electron chi connectivity index (χ2n) is 4.51. The van der Waals surface area contributed by atoms with Crippen molar-refractivity contribution in [1.29, 1.82) is 0 Å². The van der Waals surface area contributed by atoms with E-state index in [2.05, 4.69) is 10.1 Å². The smallest absolute Gasteiger partial charge is 0.221 e. The number of hydrogen-bond donors (Lipinski definition) is 1. The summed E-state index contributed by atoms with van der Waals surface area (Å²) in [5.41, 5.74) is 6.85. The lowest BCUT2D eigenvalue weighted by molar-refractivity contribution is 0.413. The molecule has 0 aliphatic heterocycles. The Bertz CT molecular complexity index is 794. The van der Waals surface area contributed by atoms with Gasteiger partial charge in [-0.3, -0.25) is 0 Å². The van der Waals surface area contributed by atoms with Crippen LogP contribution < -0.4 is 10.5 Å². The minimum absolute atomic E-state index is 0.140. The molecule has 0 bridgehead atoms.